The van der Waals surface area contributed by atoms with E-state index in [9.17, 15) is 5.11 Å². The van der Waals surface area contributed by atoms with Gasteiger partial charge < -0.3 is 5.11 Å². The average molecular weight is 274 g/mol. The summed E-state index contributed by atoms with van der Waals surface area (Å²) in [5, 5.41) is 19.2. The van der Waals surface area contributed by atoms with Crippen molar-refractivity contribution in [3.05, 3.63) is 46.5 Å². The topological polar surface area (TPSA) is 50.9 Å². The Hall–Kier alpha value is -2.07. The Bertz CT molecular complexity index is 756. The van der Waals surface area contributed by atoms with E-state index < -0.39 is 0 Å². The SMILES string of the molecule is Cc1cc(-n2nc3ccc(Cl)cc3n2)cc(C)c1O. The number of phenols is 1. The summed E-state index contributed by atoms with van der Waals surface area (Å²) in [4.78, 5) is 1.56. The van der Waals surface area contributed by atoms with Gasteiger partial charge in [0.15, 0.2) is 0 Å². The van der Waals surface area contributed by atoms with Crippen LogP contribution in [0.3, 0.4) is 0 Å². The van der Waals surface area contributed by atoms with E-state index in [1.54, 1.807) is 16.9 Å². The molecular formula is C14H12ClN3O. The molecule has 0 saturated carbocycles. The Morgan fingerprint density at radius 3 is 2.32 bits per heavy atom. The van der Waals surface area contributed by atoms with Crippen molar-refractivity contribution in [1.82, 2.24) is 15.0 Å². The number of hydrogen-bond acceptors (Lipinski definition) is 3. The molecule has 19 heavy (non-hydrogen) atoms. The number of rotatable bonds is 1. The highest BCUT2D eigenvalue weighted by Crippen LogP contribution is 2.25. The van der Waals surface area contributed by atoms with Crippen LogP contribution < -0.4 is 0 Å². The Morgan fingerprint density at radius 2 is 1.63 bits per heavy atom. The van der Waals surface area contributed by atoms with Crippen molar-refractivity contribution >= 4 is 22.6 Å². The van der Waals surface area contributed by atoms with Gasteiger partial charge in [0, 0.05) is 5.02 Å². The predicted molar refractivity (Wildman–Crippen MR) is 75.0 cm³/mol. The van der Waals surface area contributed by atoms with Crippen LogP contribution in [0.5, 0.6) is 5.75 Å². The van der Waals surface area contributed by atoms with Crippen molar-refractivity contribution in [3.8, 4) is 11.4 Å². The van der Waals surface area contributed by atoms with Gasteiger partial charge in [0.05, 0.1) is 5.69 Å². The molecule has 0 saturated heterocycles. The lowest BCUT2D eigenvalue weighted by Crippen LogP contribution is -1.99. The van der Waals surface area contributed by atoms with E-state index in [-0.39, 0.29) is 0 Å². The standard InChI is InChI=1S/C14H12ClN3O/c1-8-5-11(6-9(2)14(8)19)18-16-12-4-3-10(15)7-13(12)17-18/h3-7,19H,1-2H3. The first-order chi connectivity index (χ1) is 9.04. The highest BCUT2D eigenvalue weighted by Gasteiger charge is 2.08. The van der Waals surface area contributed by atoms with Crippen molar-refractivity contribution in [2.45, 2.75) is 13.8 Å². The zero-order valence-electron chi connectivity index (χ0n) is 10.6. The summed E-state index contributed by atoms with van der Waals surface area (Å²) < 4.78 is 0. The third kappa shape index (κ3) is 2.04. The lowest BCUT2D eigenvalue weighted by molar-refractivity contribution is 0.466. The second kappa shape index (κ2) is 4.24. The summed E-state index contributed by atoms with van der Waals surface area (Å²) in [5.41, 5.74) is 3.95. The molecular weight excluding hydrogens is 262 g/mol. The summed E-state index contributed by atoms with van der Waals surface area (Å²) in [6.45, 7) is 3.71. The summed E-state index contributed by atoms with van der Waals surface area (Å²) in [6, 6.07) is 9.10. The second-order valence-electron chi connectivity index (χ2n) is 4.55. The number of halogens is 1. The van der Waals surface area contributed by atoms with Crippen LogP contribution in [-0.4, -0.2) is 20.1 Å². The molecule has 0 atom stereocenters. The molecule has 0 aliphatic carbocycles. The number of benzene rings is 2. The molecule has 4 nitrogen and oxygen atoms in total. The van der Waals surface area contributed by atoms with E-state index >= 15 is 0 Å². The number of phenolic OH excluding ortho intramolecular Hbond substituents is 1. The van der Waals surface area contributed by atoms with Crippen molar-refractivity contribution in [1.29, 1.82) is 0 Å². The number of fused-ring (bicyclic) bond motifs is 1. The lowest BCUT2D eigenvalue weighted by Gasteiger charge is -2.06. The van der Waals surface area contributed by atoms with E-state index in [1.165, 1.54) is 0 Å². The number of aromatic hydroxyl groups is 1. The lowest BCUT2D eigenvalue weighted by atomic mass is 10.1. The minimum Gasteiger partial charge on any atom is -0.507 e. The molecule has 0 spiro atoms. The Kier molecular flexibility index (Phi) is 2.68. The zero-order chi connectivity index (χ0) is 13.6. The van der Waals surface area contributed by atoms with Crippen LogP contribution in [0.25, 0.3) is 16.7 Å². The van der Waals surface area contributed by atoms with Crippen LogP contribution >= 0.6 is 11.6 Å². The fraction of sp³-hybridized carbons (Fsp3) is 0.143. The average Bonchev–Trinajstić information content (AvgIpc) is 2.78. The van der Waals surface area contributed by atoms with Crippen LogP contribution in [-0.2, 0) is 0 Å². The largest absolute Gasteiger partial charge is 0.507 e. The predicted octanol–water partition coefficient (Wildman–Crippen LogP) is 3.40. The number of nitrogens with zero attached hydrogens (tertiary/aromatic N) is 3. The van der Waals surface area contributed by atoms with Gasteiger partial charge in [-0.15, -0.1) is 10.2 Å². The van der Waals surface area contributed by atoms with Crippen molar-refractivity contribution < 1.29 is 5.11 Å². The van der Waals surface area contributed by atoms with Gasteiger partial charge in [-0.3, -0.25) is 0 Å². The van der Waals surface area contributed by atoms with Crippen LogP contribution in [0, 0.1) is 13.8 Å². The maximum Gasteiger partial charge on any atom is 0.121 e. The van der Waals surface area contributed by atoms with E-state index in [1.807, 2.05) is 32.0 Å². The number of hydrogen-bond donors (Lipinski definition) is 1. The maximum atomic E-state index is 9.79. The van der Waals surface area contributed by atoms with Gasteiger partial charge in [0.25, 0.3) is 0 Å². The van der Waals surface area contributed by atoms with Crippen molar-refractivity contribution in [3.63, 3.8) is 0 Å². The first-order valence-electron chi connectivity index (χ1n) is 5.88. The molecule has 1 heterocycles. The second-order valence-corrected chi connectivity index (χ2v) is 4.99. The minimum absolute atomic E-state index is 0.309. The fourth-order valence-electron chi connectivity index (χ4n) is 2.05. The molecule has 3 rings (SSSR count). The molecule has 0 aliphatic rings. The van der Waals surface area contributed by atoms with E-state index in [4.69, 9.17) is 11.6 Å². The van der Waals surface area contributed by atoms with Gasteiger partial charge in [0.2, 0.25) is 0 Å². The zero-order valence-corrected chi connectivity index (χ0v) is 11.3. The third-order valence-corrected chi connectivity index (χ3v) is 3.28. The molecule has 2 aromatic carbocycles. The van der Waals surface area contributed by atoms with Crippen LogP contribution in [0.2, 0.25) is 5.02 Å². The quantitative estimate of drug-likeness (QED) is 0.739. The summed E-state index contributed by atoms with van der Waals surface area (Å²) >= 11 is 5.94. The summed E-state index contributed by atoms with van der Waals surface area (Å²) in [7, 11) is 0. The van der Waals surface area contributed by atoms with E-state index in [0.29, 0.717) is 10.8 Å². The Balaban J connectivity index is 2.19. The molecule has 0 radical (unpaired) electrons. The van der Waals surface area contributed by atoms with Gasteiger partial charge in [-0.2, -0.15) is 4.80 Å². The van der Waals surface area contributed by atoms with Crippen LogP contribution in [0.4, 0.5) is 0 Å². The van der Waals surface area contributed by atoms with Gasteiger partial charge >= 0.3 is 0 Å². The molecule has 0 bridgehead atoms. The molecule has 1 aromatic heterocycles. The number of aryl methyl sites for hydroxylation is 2. The van der Waals surface area contributed by atoms with Crippen molar-refractivity contribution in [2.75, 3.05) is 0 Å². The summed E-state index contributed by atoms with van der Waals surface area (Å²) in [5.74, 6) is 0.309. The van der Waals surface area contributed by atoms with Gasteiger partial charge in [-0.25, -0.2) is 0 Å². The van der Waals surface area contributed by atoms with Gasteiger partial charge in [-0.1, -0.05) is 11.6 Å². The highest BCUT2D eigenvalue weighted by molar-refractivity contribution is 6.31. The first kappa shape index (κ1) is 12.0. The molecule has 96 valence electrons. The normalized spacial score (nSPS) is 11.1. The maximum absolute atomic E-state index is 9.79. The smallest absolute Gasteiger partial charge is 0.121 e. The highest BCUT2D eigenvalue weighted by atomic mass is 35.5. The molecule has 0 aliphatic heterocycles. The molecule has 1 N–H and O–H groups in total. The van der Waals surface area contributed by atoms with Gasteiger partial charge in [0.1, 0.15) is 16.8 Å². The Labute approximate surface area is 115 Å². The summed E-state index contributed by atoms with van der Waals surface area (Å²) in [6.07, 6.45) is 0. The van der Waals surface area contributed by atoms with Crippen LogP contribution in [0.15, 0.2) is 30.3 Å². The molecule has 0 fully saturated rings. The van der Waals surface area contributed by atoms with E-state index in [0.717, 1.165) is 27.8 Å². The van der Waals surface area contributed by atoms with Crippen LogP contribution in [0.1, 0.15) is 11.1 Å². The molecule has 5 heteroatoms. The number of aromatic nitrogens is 3. The van der Waals surface area contributed by atoms with Gasteiger partial charge in [-0.05, 0) is 55.3 Å². The molecule has 0 unspecified atom stereocenters. The first-order valence-corrected chi connectivity index (χ1v) is 6.25. The van der Waals surface area contributed by atoms with E-state index in [2.05, 4.69) is 10.2 Å². The third-order valence-electron chi connectivity index (χ3n) is 3.05. The minimum atomic E-state index is 0.309. The molecule has 0 amide bonds. The fourth-order valence-corrected chi connectivity index (χ4v) is 2.22. The Morgan fingerprint density at radius 1 is 1.00 bits per heavy atom. The monoisotopic (exact) mass is 273 g/mol. The molecule has 3 aromatic rings. The van der Waals surface area contributed by atoms with Crippen molar-refractivity contribution in [2.24, 2.45) is 0 Å².